The van der Waals surface area contributed by atoms with Gasteiger partial charge in [-0.2, -0.15) is 0 Å². The first-order chi connectivity index (χ1) is 5.93. The second-order valence-electron chi connectivity index (χ2n) is 2.16. The molecule has 0 N–H and O–H groups in total. The normalized spacial score (nSPS) is 10.4. The lowest BCUT2D eigenvalue weighted by Gasteiger charge is -1.94. The Morgan fingerprint density at radius 1 is 1.33 bits per heavy atom. The molecule has 0 radical (unpaired) electrons. The molecule has 0 saturated carbocycles. The van der Waals surface area contributed by atoms with Crippen LogP contribution in [0.5, 0.6) is 0 Å². The van der Waals surface area contributed by atoms with Crippen LogP contribution < -0.4 is 0 Å². The van der Waals surface area contributed by atoms with E-state index in [0.717, 1.165) is 6.61 Å². The molecule has 1 rings (SSSR count). The van der Waals surface area contributed by atoms with Crippen molar-refractivity contribution in [3.05, 3.63) is 42.0 Å². The Labute approximate surface area is 77.4 Å². The largest absolute Gasteiger partial charge is 0.501 e. The molecule has 0 fully saturated rings. The number of hydrogen-bond acceptors (Lipinski definition) is 2. The van der Waals surface area contributed by atoms with Crippen LogP contribution >= 0.6 is 11.8 Å². The van der Waals surface area contributed by atoms with Gasteiger partial charge >= 0.3 is 0 Å². The van der Waals surface area contributed by atoms with Crippen LogP contribution in [-0.2, 0) is 4.74 Å². The monoisotopic (exact) mass is 180 g/mol. The second-order valence-corrected chi connectivity index (χ2v) is 3.14. The van der Waals surface area contributed by atoms with Crippen molar-refractivity contribution < 1.29 is 4.74 Å². The smallest absolute Gasteiger partial charge is 0.0895 e. The maximum atomic E-state index is 5.05. The van der Waals surface area contributed by atoms with E-state index < -0.39 is 0 Å². The zero-order chi connectivity index (χ0) is 8.65. The second kappa shape index (κ2) is 5.72. The van der Waals surface area contributed by atoms with E-state index in [1.54, 1.807) is 18.0 Å². The van der Waals surface area contributed by atoms with E-state index in [9.17, 15) is 0 Å². The molecule has 2 heteroatoms. The van der Waals surface area contributed by atoms with E-state index in [0.29, 0.717) is 0 Å². The number of benzene rings is 1. The van der Waals surface area contributed by atoms with E-state index in [1.165, 1.54) is 4.90 Å². The summed E-state index contributed by atoms with van der Waals surface area (Å²) in [7, 11) is 0. The first kappa shape index (κ1) is 9.20. The fraction of sp³-hybridized carbons (Fsp3) is 0.200. The van der Waals surface area contributed by atoms with Crippen LogP contribution in [0.15, 0.2) is 46.9 Å². The van der Waals surface area contributed by atoms with Gasteiger partial charge in [-0.1, -0.05) is 30.0 Å². The molecule has 0 atom stereocenters. The fourth-order valence-corrected chi connectivity index (χ4v) is 1.35. The summed E-state index contributed by atoms with van der Waals surface area (Å²) in [4.78, 5) is 1.23. The maximum absolute atomic E-state index is 5.05. The van der Waals surface area contributed by atoms with E-state index in [-0.39, 0.29) is 0 Å². The Bertz CT molecular complexity index is 231. The summed E-state index contributed by atoms with van der Waals surface area (Å²) in [5.74, 6) is 0. The predicted octanol–water partition coefficient (Wildman–Crippen LogP) is 3.29. The quantitative estimate of drug-likeness (QED) is 0.519. The van der Waals surface area contributed by atoms with Crippen molar-refractivity contribution >= 4 is 11.8 Å². The third-order valence-corrected chi connectivity index (χ3v) is 2.06. The zero-order valence-corrected chi connectivity index (χ0v) is 7.88. The van der Waals surface area contributed by atoms with Crippen LogP contribution in [0.3, 0.4) is 0 Å². The molecule has 0 aromatic heterocycles. The highest BCUT2D eigenvalue weighted by molar-refractivity contribution is 8.02. The molecule has 0 aliphatic rings. The Kier molecular flexibility index (Phi) is 4.39. The standard InChI is InChI=1S/C10H12OS/c1-2-11-8-9-12-10-6-4-3-5-7-10/h3-9H,2H2,1H3. The van der Waals surface area contributed by atoms with Crippen LogP contribution in [0, 0.1) is 0 Å². The molecule has 12 heavy (non-hydrogen) atoms. The first-order valence-electron chi connectivity index (χ1n) is 3.92. The van der Waals surface area contributed by atoms with Crippen LogP contribution in [0.2, 0.25) is 0 Å². The summed E-state index contributed by atoms with van der Waals surface area (Å²) in [5.41, 5.74) is 0. The van der Waals surface area contributed by atoms with Gasteiger partial charge < -0.3 is 4.74 Å². The van der Waals surface area contributed by atoms with Crippen molar-refractivity contribution in [3.63, 3.8) is 0 Å². The van der Waals surface area contributed by atoms with E-state index in [2.05, 4.69) is 12.1 Å². The molecule has 0 saturated heterocycles. The summed E-state index contributed by atoms with van der Waals surface area (Å²) in [6.07, 6.45) is 1.72. The number of rotatable bonds is 4. The average Bonchev–Trinajstić information content (AvgIpc) is 2.14. The summed E-state index contributed by atoms with van der Waals surface area (Å²) in [6, 6.07) is 10.2. The van der Waals surface area contributed by atoms with Crippen LogP contribution in [-0.4, -0.2) is 6.61 Å². The highest BCUT2D eigenvalue weighted by Crippen LogP contribution is 2.17. The highest BCUT2D eigenvalue weighted by atomic mass is 32.2. The molecule has 1 aromatic carbocycles. The van der Waals surface area contributed by atoms with Crippen molar-refractivity contribution in [1.29, 1.82) is 0 Å². The molecule has 1 nitrogen and oxygen atoms in total. The van der Waals surface area contributed by atoms with Gasteiger partial charge in [0, 0.05) is 10.3 Å². The van der Waals surface area contributed by atoms with Crippen molar-refractivity contribution in [2.24, 2.45) is 0 Å². The van der Waals surface area contributed by atoms with Crippen molar-refractivity contribution in [2.45, 2.75) is 11.8 Å². The first-order valence-corrected chi connectivity index (χ1v) is 4.79. The molecule has 0 amide bonds. The Morgan fingerprint density at radius 3 is 2.75 bits per heavy atom. The zero-order valence-electron chi connectivity index (χ0n) is 7.07. The molecular formula is C10H12OS. The Morgan fingerprint density at radius 2 is 2.08 bits per heavy atom. The Hall–Kier alpha value is -0.890. The fourth-order valence-electron chi connectivity index (χ4n) is 0.741. The lowest BCUT2D eigenvalue weighted by atomic mass is 10.4. The lowest BCUT2D eigenvalue weighted by Crippen LogP contribution is -1.74. The minimum absolute atomic E-state index is 0.728. The number of ether oxygens (including phenoxy) is 1. The van der Waals surface area contributed by atoms with Gasteiger partial charge in [0.05, 0.1) is 12.9 Å². The Balaban J connectivity index is 2.33. The SMILES string of the molecule is CCOC=CSc1ccccc1. The van der Waals surface area contributed by atoms with E-state index in [1.807, 2.05) is 30.5 Å². The van der Waals surface area contributed by atoms with Crippen LogP contribution in [0.1, 0.15) is 6.92 Å². The van der Waals surface area contributed by atoms with E-state index in [4.69, 9.17) is 4.74 Å². The van der Waals surface area contributed by atoms with E-state index >= 15 is 0 Å². The molecule has 0 aliphatic carbocycles. The summed E-state index contributed by atoms with van der Waals surface area (Å²) in [6.45, 7) is 2.70. The number of thioether (sulfide) groups is 1. The lowest BCUT2D eigenvalue weighted by molar-refractivity contribution is 0.270. The van der Waals surface area contributed by atoms with Gasteiger partial charge in [0.15, 0.2) is 0 Å². The minimum Gasteiger partial charge on any atom is -0.501 e. The van der Waals surface area contributed by atoms with Gasteiger partial charge in [-0.05, 0) is 19.1 Å². The summed E-state index contributed by atoms with van der Waals surface area (Å²) >= 11 is 1.65. The number of hydrogen-bond donors (Lipinski definition) is 0. The molecule has 1 aromatic rings. The van der Waals surface area contributed by atoms with Crippen LogP contribution in [0.25, 0.3) is 0 Å². The third-order valence-electron chi connectivity index (χ3n) is 1.27. The van der Waals surface area contributed by atoms with Crippen molar-refractivity contribution in [2.75, 3.05) is 6.61 Å². The minimum atomic E-state index is 0.728. The molecule has 0 heterocycles. The van der Waals surface area contributed by atoms with Gasteiger partial charge in [0.1, 0.15) is 0 Å². The molecular weight excluding hydrogens is 168 g/mol. The third kappa shape index (κ3) is 3.49. The maximum Gasteiger partial charge on any atom is 0.0895 e. The molecule has 0 unspecified atom stereocenters. The summed E-state index contributed by atoms with van der Waals surface area (Å²) < 4.78 is 5.05. The summed E-state index contributed by atoms with van der Waals surface area (Å²) in [5, 5.41) is 1.94. The topological polar surface area (TPSA) is 9.23 Å². The molecule has 0 bridgehead atoms. The van der Waals surface area contributed by atoms with Gasteiger partial charge in [-0.3, -0.25) is 0 Å². The van der Waals surface area contributed by atoms with Gasteiger partial charge in [0.25, 0.3) is 0 Å². The highest BCUT2D eigenvalue weighted by Gasteiger charge is 1.85. The molecule has 0 spiro atoms. The van der Waals surface area contributed by atoms with Gasteiger partial charge in [-0.15, -0.1) is 0 Å². The van der Waals surface area contributed by atoms with Gasteiger partial charge in [-0.25, -0.2) is 0 Å². The van der Waals surface area contributed by atoms with Crippen molar-refractivity contribution in [3.8, 4) is 0 Å². The molecule has 0 aliphatic heterocycles. The average molecular weight is 180 g/mol. The van der Waals surface area contributed by atoms with Gasteiger partial charge in [0.2, 0.25) is 0 Å². The van der Waals surface area contributed by atoms with Crippen LogP contribution in [0.4, 0.5) is 0 Å². The molecule has 64 valence electrons. The predicted molar refractivity (Wildman–Crippen MR) is 53.1 cm³/mol. The van der Waals surface area contributed by atoms with Crippen molar-refractivity contribution in [1.82, 2.24) is 0 Å².